The second kappa shape index (κ2) is 10.3. The van der Waals surface area contributed by atoms with Crippen LogP contribution in [0.3, 0.4) is 0 Å². The summed E-state index contributed by atoms with van der Waals surface area (Å²) in [6.07, 6.45) is 0.703. The Morgan fingerprint density at radius 2 is 2.13 bits per heavy atom. The Morgan fingerprint density at radius 3 is 2.74 bits per heavy atom. The number of hydrogen-bond donors (Lipinski definition) is 3. The number of guanidine groups is 1. The topological polar surface area (TPSA) is 65.9 Å². The molecule has 0 fully saturated rings. The highest BCUT2D eigenvalue weighted by atomic mass is 127. The number of hydrogen-bond acceptors (Lipinski definition) is 4. The highest BCUT2D eigenvalue weighted by molar-refractivity contribution is 14.0. The van der Waals surface area contributed by atoms with Crippen LogP contribution in [0.2, 0.25) is 0 Å². The van der Waals surface area contributed by atoms with Gasteiger partial charge in [-0.15, -0.1) is 24.0 Å². The van der Waals surface area contributed by atoms with Gasteiger partial charge in [-0.05, 0) is 40.4 Å². The molecule has 0 atom stereocenters. The molecule has 5 nitrogen and oxygen atoms in total. The van der Waals surface area contributed by atoms with E-state index in [1.165, 1.54) is 5.56 Å². The van der Waals surface area contributed by atoms with Gasteiger partial charge in [0.15, 0.2) is 5.96 Å². The van der Waals surface area contributed by atoms with Crippen LogP contribution in [-0.4, -0.2) is 31.8 Å². The zero-order chi connectivity index (χ0) is 15.8. The van der Waals surface area contributed by atoms with Crippen LogP contribution < -0.4 is 15.4 Å². The fraction of sp³-hybridized carbons (Fsp3) is 0.312. The van der Waals surface area contributed by atoms with E-state index >= 15 is 0 Å². The summed E-state index contributed by atoms with van der Waals surface area (Å²) in [5.74, 6) is 1.66. The van der Waals surface area contributed by atoms with Crippen LogP contribution in [0, 0.1) is 0 Å². The lowest BCUT2D eigenvalue weighted by molar-refractivity contribution is 0.406. The Kier molecular flexibility index (Phi) is 8.78. The summed E-state index contributed by atoms with van der Waals surface area (Å²) in [4.78, 5) is 4.18. The van der Waals surface area contributed by atoms with E-state index in [9.17, 15) is 5.11 Å². The Bertz CT molecular complexity index is 618. The first-order valence-electron chi connectivity index (χ1n) is 7.04. The van der Waals surface area contributed by atoms with Crippen LogP contribution >= 0.6 is 35.3 Å². The van der Waals surface area contributed by atoms with Crippen LogP contribution in [0.15, 0.2) is 40.0 Å². The standard InChI is InChI=1S/C16H21N3O2S.HI/c1-17-16(19-10-12-6-8-22-11-12)18-7-5-13-3-4-14(21-2)9-15(13)20;/h3-4,6,8-9,11,20H,5,7,10H2,1-2H3,(H2,17,18,19);1H. The van der Waals surface area contributed by atoms with E-state index < -0.39 is 0 Å². The molecule has 23 heavy (non-hydrogen) atoms. The largest absolute Gasteiger partial charge is 0.508 e. The number of ether oxygens (including phenoxy) is 1. The number of rotatable bonds is 6. The molecule has 126 valence electrons. The number of methoxy groups -OCH3 is 1. The third-order valence-corrected chi connectivity index (χ3v) is 3.97. The maximum atomic E-state index is 9.92. The zero-order valence-corrected chi connectivity index (χ0v) is 16.4. The highest BCUT2D eigenvalue weighted by Crippen LogP contribution is 2.23. The summed E-state index contributed by atoms with van der Waals surface area (Å²) in [5.41, 5.74) is 2.11. The first kappa shape index (κ1) is 19.6. The molecule has 7 heteroatoms. The lowest BCUT2D eigenvalue weighted by atomic mass is 10.1. The van der Waals surface area contributed by atoms with Crippen molar-refractivity contribution < 1.29 is 9.84 Å². The minimum absolute atomic E-state index is 0. The number of halogens is 1. The maximum absolute atomic E-state index is 9.92. The number of phenolic OH excluding ortho intramolecular Hbond substituents is 1. The summed E-state index contributed by atoms with van der Waals surface area (Å²) in [6.45, 7) is 1.43. The van der Waals surface area contributed by atoms with Crippen molar-refractivity contribution in [1.82, 2.24) is 10.6 Å². The van der Waals surface area contributed by atoms with Gasteiger partial charge in [-0.2, -0.15) is 11.3 Å². The van der Waals surface area contributed by atoms with Crippen LogP contribution in [-0.2, 0) is 13.0 Å². The van der Waals surface area contributed by atoms with E-state index in [0.29, 0.717) is 18.7 Å². The second-order valence-corrected chi connectivity index (χ2v) is 5.51. The van der Waals surface area contributed by atoms with Gasteiger partial charge >= 0.3 is 0 Å². The van der Waals surface area contributed by atoms with E-state index in [-0.39, 0.29) is 29.7 Å². The van der Waals surface area contributed by atoms with Gasteiger partial charge in [-0.25, -0.2) is 0 Å². The van der Waals surface area contributed by atoms with E-state index in [2.05, 4.69) is 32.5 Å². The molecule has 2 rings (SSSR count). The molecule has 0 aliphatic carbocycles. The average molecular weight is 447 g/mol. The number of nitrogens with zero attached hydrogens (tertiary/aromatic N) is 1. The summed E-state index contributed by atoms with van der Waals surface area (Å²) in [5, 5.41) is 20.6. The molecule has 3 N–H and O–H groups in total. The molecule has 0 saturated heterocycles. The smallest absolute Gasteiger partial charge is 0.191 e. The van der Waals surface area contributed by atoms with Crippen molar-refractivity contribution in [2.75, 3.05) is 20.7 Å². The van der Waals surface area contributed by atoms with Crippen molar-refractivity contribution in [3.63, 3.8) is 0 Å². The van der Waals surface area contributed by atoms with Crippen LogP contribution in [0.5, 0.6) is 11.5 Å². The monoisotopic (exact) mass is 447 g/mol. The van der Waals surface area contributed by atoms with Crippen molar-refractivity contribution >= 4 is 41.3 Å². The number of aliphatic imine (C=N–C) groups is 1. The molecule has 0 saturated carbocycles. The molecule has 1 aromatic carbocycles. The Morgan fingerprint density at radius 1 is 1.30 bits per heavy atom. The van der Waals surface area contributed by atoms with E-state index in [1.54, 1.807) is 31.6 Å². The van der Waals surface area contributed by atoms with Crippen molar-refractivity contribution in [2.24, 2.45) is 4.99 Å². The minimum Gasteiger partial charge on any atom is -0.508 e. The normalized spacial score (nSPS) is 10.8. The zero-order valence-electron chi connectivity index (χ0n) is 13.2. The van der Waals surface area contributed by atoms with Crippen molar-refractivity contribution in [2.45, 2.75) is 13.0 Å². The number of benzene rings is 1. The van der Waals surface area contributed by atoms with Gasteiger partial charge in [-0.3, -0.25) is 4.99 Å². The predicted octanol–water partition coefficient (Wildman–Crippen LogP) is 2.99. The molecule has 0 aliphatic rings. The van der Waals surface area contributed by atoms with Crippen molar-refractivity contribution in [3.8, 4) is 11.5 Å². The maximum Gasteiger partial charge on any atom is 0.191 e. The molecule has 0 aliphatic heterocycles. The SMILES string of the molecule is CN=C(NCCc1ccc(OC)cc1O)NCc1ccsc1.I. The van der Waals surface area contributed by atoms with Crippen LogP contribution in [0.1, 0.15) is 11.1 Å². The Labute approximate surface area is 157 Å². The molecule has 1 aromatic heterocycles. The molecule has 2 aromatic rings. The molecular formula is C16H22IN3O2S. The number of aromatic hydroxyl groups is 1. The van der Waals surface area contributed by atoms with Gasteiger partial charge in [0.25, 0.3) is 0 Å². The molecule has 0 radical (unpaired) electrons. The summed E-state index contributed by atoms with van der Waals surface area (Å²) < 4.78 is 5.07. The molecular weight excluding hydrogens is 425 g/mol. The molecule has 1 heterocycles. The van der Waals surface area contributed by atoms with Gasteiger partial charge in [0.1, 0.15) is 11.5 Å². The minimum atomic E-state index is 0. The van der Waals surface area contributed by atoms with Crippen LogP contribution in [0.4, 0.5) is 0 Å². The highest BCUT2D eigenvalue weighted by Gasteiger charge is 2.04. The first-order chi connectivity index (χ1) is 10.7. The van der Waals surface area contributed by atoms with E-state index in [1.807, 2.05) is 12.1 Å². The quantitative estimate of drug-likeness (QED) is 0.362. The van der Waals surface area contributed by atoms with Gasteiger partial charge in [0, 0.05) is 26.2 Å². The second-order valence-electron chi connectivity index (χ2n) is 4.73. The third-order valence-electron chi connectivity index (χ3n) is 3.24. The molecule has 0 amide bonds. The van der Waals surface area contributed by atoms with Crippen molar-refractivity contribution in [1.29, 1.82) is 0 Å². The van der Waals surface area contributed by atoms with Gasteiger partial charge in [0.2, 0.25) is 0 Å². The summed E-state index contributed by atoms with van der Waals surface area (Å²) >= 11 is 1.68. The summed E-state index contributed by atoms with van der Waals surface area (Å²) in [6, 6.07) is 7.43. The van der Waals surface area contributed by atoms with Crippen LogP contribution in [0.25, 0.3) is 0 Å². The predicted molar refractivity (Wildman–Crippen MR) is 106 cm³/mol. The van der Waals surface area contributed by atoms with E-state index in [0.717, 1.165) is 18.1 Å². The van der Waals surface area contributed by atoms with E-state index in [4.69, 9.17) is 4.74 Å². The third kappa shape index (κ3) is 6.26. The lowest BCUT2D eigenvalue weighted by Gasteiger charge is -2.12. The summed E-state index contributed by atoms with van der Waals surface area (Å²) in [7, 11) is 3.33. The fourth-order valence-electron chi connectivity index (χ4n) is 2.00. The Hall–Kier alpha value is -1.48. The number of nitrogens with one attached hydrogen (secondary N) is 2. The van der Waals surface area contributed by atoms with Gasteiger partial charge < -0.3 is 20.5 Å². The lowest BCUT2D eigenvalue weighted by Crippen LogP contribution is -2.37. The number of phenols is 1. The molecule has 0 unspecified atom stereocenters. The molecule has 0 spiro atoms. The Balaban J connectivity index is 0.00000264. The number of thiophene rings is 1. The molecule has 0 bridgehead atoms. The van der Waals surface area contributed by atoms with Gasteiger partial charge in [-0.1, -0.05) is 6.07 Å². The van der Waals surface area contributed by atoms with Gasteiger partial charge in [0.05, 0.1) is 7.11 Å². The van der Waals surface area contributed by atoms with Crippen molar-refractivity contribution in [3.05, 3.63) is 46.2 Å². The fourth-order valence-corrected chi connectivity index (χ4v) is 2.67. The first-order valence-corrected chi connectivity index (χ1v) is 7.98. The average Bonchev–Trinajstić information content (AvgIpc) is 3.05.